The smallest absolute Gasteiger partial charge is 0.263 e. The van der Waals surface area contributed by atoms with E-state index in [1.807, 2.05) is 22.4 Å². The molecule has 1 atom stereocenters. The molecule has 1 aliphatic heterocycles. The first kappa shape index (κ1) is 9.71. The minimum atomic E-state index is 0.214. The molecule has 0 bridgehead atoms. The van der Waals surface area contributed by atoms with Gasteiger partial charge in [0.1, 0.15) is 0 Å². The third-order valence-electron chi connectivity index (χ3n) is 2.68. The zero-order valence-corrected chi connectivity index (χ0v) is 9.22. The molecule has 1 aromatic rings. The standard InChI is InChI=1S/C11H15NOS/c1-9-4-2-6-12(8-9)11(13)10-5-3-7-14-10/h3,5,7,9H,2,4,6,8H2,1H3/t9-/m1/s1. The maximum atomic E-state index is 11.9. The Hall–Kier alpha value is -0.830. The van der Waals surface area contributed by atoms with E-state index in [1.54, 1.807) is 0 Å². The van der Waals surface area contributed by atoms with Gasteiger partial charge >= 0.3 is 0 Å². The van der Waals surface area contributed by atoms with E-state index in [0.29, 0.717) is 5.92 Å². The number of hydrogen-bond acceptors (Lipinski definition) is 2. The molecule has 2 heterocycles. The summed E-state index contributed by atoms with van der Waals surface area (Å²) in [6.07, 6.45) is 2.41. The van der Waals surface area contributed by atoms with E-state index in [1.165, 1.54) is 17.8 Å². The Morgan fingerprint density at radius 2 is 2.50 bits per heavy atom. The average molecular weight is 209 g/mol. The molecule has 76 valence electrons. The van der Waals surface area contributed by atoms with Gasteiger partial charge in [0.05, 0.1) is 4.88 Å². The van der Waals surface area contributed by atoms with Crippen LogP contribution in [0.1, 0.15) is 29.4 Å². The van der Waals surface area contributed by atoms with Crippen molar-refractivity contribution in [1.29, 1.82) is 0 Å². The Bertz CT molecular complexity index is 307. The molecular formula is C11H15NOS. The number of carbonyl (C=O) groups is 1. The lowest BCUT2D eigenvalue weighted by atomic mass is 10.0. The molecule has 2 nitrogen and oxygen atoms in total. The first-order chi connectivity index (χ1) is 6.77. The van der Waals surface area contributed by atoms with Gasteiger partial charge in [0, 0.05) is 13.1 Å². The molecule has 1 fully saturated rings. The molecular weight excluding hydrogens is 194 g/mol. The molecule has 0 saturated carbocycles. The van der Waals surface area contributed by atoms with Crippen LogP contribution in [0.25, 0.3) is 0 Å². The molecule has 2 rings (SSSR count). The first-order valence-electron chi connectivity index (χ1n) is 5.10. The molecule has 0 radical (unpaired) electrons. The van der Waals surface area contributed by atoms with Crippen molar-refractivity contribution in [2.45, 2.75) is 19.8 Å². The maximum Gasteiger partial charge on any atom is 0.263 e. The predicted octanol–water partition coefficient (Wildman–Crippen LogP) is 2.62. The van der Waals surface area contributed by atoms with Crippen molar-refractivity contribution in [2.75, 3.05) is 13.1 Å². The maximum absolute atomic E-state index is 11.9. The number of rotatable bonds is 1. The monoisotopic (exact) mass is 209 g/mol. The van der Waals surface area contributed by atoms with Crippen molar-refractivity contribution < 1.29 is 4.79 Å². The van der Waals surface area contributed by atoms with Gasteiger partial charge in [-0.2, -0.15) is 0 Å². The number of thiophene rings is 1. The zero-order chi connectivity index (χ0) is 9.97. The van der Waals surface area contributed by atoms with Crippen LogP contribution < -0.4 is 0 Å². The van der Waals surface area contributed by atoms with Crippen LogP contribution in [0.5, 0.6) is 0 Å². The lowest BCUT2D eigenvalue weighted by Crippen LogP contribution is -2.38. The van der Waals surface area contributed by atoms with Crippen LogP contribution in [0.4, 0.5) is 0 Å². The van der Waals surface area contributed by atoms with Gasteiger partial charge in [-0.15, -0.1) is 11.3 Å². The molecule has 0 aromatic carbocycles. The highest BCUT2D eigenvalue weighted by Gasteiger charge is 2.22. The molecule has 0 spiro atoms. The summed E-state index contributed by atoms with van der Waals surface area (Å²) >= 11 is 1.53. The van der Waals surface area contributed by atoms with Crippen molar-refractivity contribution in [3.05, 3.63) is 22.4 Å². The van der Waals surface area contributed by atoms with Crippen molar-refractivity contribution in [3.8, 4) is 0 Å². The summed E-state index contributed by atoms with van der Waals surface area (Å²) in [5.41, 5.74) is 0. The van der Waals surface area contributed by atoms with Crippen LogP contribution in [0.15, 0.2) is 17.5 Å². The van der Waals surface area contributed by atoms with Gasteiger partial charge in [-0.1, -0.05) is 13.0 Å². The fourth-order valence-electron chi connectivity index (χ4n) is 1.93. The summed E-state index contributed by atoms with van der Waals surface area (Å²) in [5, 5.41) is 1.96. The molecule has 14 heavy (non-hydrogen) atoms. The van der Waals surface area contributed by atoms with E-state index in [0.717, 1.165) is 24.4 Å². The van der Waals surface area contributed by atoms with Crippen LogP contribution in [-0.4, -0.2) is 23.9 Å². The molecule has 1 aliphatic rings. The molecule has 3 heteroatoms. The third kappa shape index (κ3) is 1.98. The van der Waals surface area contributed by atoms with Gasteiger partial charge in [0.25, 0.3) is 5.91 Å². The predicted molar refractivity (Wildman–Crippen MR) is 58.6 cm³/mol. The highest BCUT2D eigenvalue weighted by Crippen LogP contribution is 2.19. The number of amides is 1. The normalized spacial score (nSPS) is 22.4. The lowest BCUT2D eigenvalue weighted by Gasteiger charge is -2.30. The summed E-state index contributed by atoms with van der Waals surface area (Å²) in [6, 6.07) is 3.84. The summed E-state index contributed by atoms with van der Waals surface area (Å²) in [7, 11) is 0. The van der Waals surface area contributed by atoms with Gasteiger partial charge < -0.3 is 4.90 Å². The molecule has 1 amide bonds. The second-order valence-electron chi connectivity index (χ2n) is 3.98. The SMILES string of the molecule is C[C@@H]1CCCN(C(=O)c2cccs2)C1. The molecule has 0 aliphatic carbocycles. The van der Waals surface area contributed by atoms with Crippen molar-refractivity contribution in [3.63, 3.8) is 0 Å². The van der Waals surface area contributed by atoms with Crippen molar-refractivity contribution >= 4 is 17.2 Å². The highest BCUT2D eigenvalue weighted by molar-refractivity contribution is 7.12. The summed E-state index contributed by atoms with van der Waals surface area (Å²) < 4.78 is 0. The van der Waals surface area contributed by atoms with Crippen molar-refractivity contribution in [1.82, 2.24) is 4.90 Å². The van der Waals surface area contributed by atoms with E-state index >= 15 is 0 Å². The topological polar surface area (TPSA) is 20.3 Å². The molecule has 0 N–H and O–H groups in total. The highest BCUT2D eigenvalue weighted by atomic mass is 32.1. The Labute approximate surface area is 88.5 Å². The first-order valence-corrected chi connectivity index (χ1v) is 5.98. The average Bonchev–Trinajstić information content (AvgIpc) is 2.69. The Balaban J connectivity index is 2.04. The third-order valence-corrected chi connectivity index (χ3v) is 3.53. The molecule has 1 saturated heterocycles. The largest absolute Gasteiger partial charge is 0.338 e. The quantitative estimate of drug-likeness (QED) is 0.696. The second-order valence-corrected chi connectivity index (χ2v) is 4.92. The summed E-state index contributed by atoms with van der Waals surface area (Å²) in [5.74, 6) is 0.874. The van der Waals surface area contributed by atoms with E-state index in [4.69, 9.17) is 0 Å². The van der Waals surface area contributed by atoms with E-state index in [9.17, 15) is 4.79 Å². The van der Waals surface area contributed by atoms with Gasteiger partial charge in [-0.25, -0.2) is 0 Å². The lowest BCUT2D eigenvalue weighted by molar-refractivity contribution is 0.0688. The van der Waals surface area contributed by atoms with Gasteiger partial charge in [0.15, 0.2) is 0 Å². The van der Waals surface area contributed by atoms with E-state index in [2.05, 4.69) is 6.92 Å². The van der Waals surface area contributed by atoms with E-state index < -0.39 is 0 Å². The van der Waals surface area contributed by atoms with E-state index in [-0.39, 0.29) is 5.91 Å². The van der Waals surface area contributed by atoms with Crippen LogP contribution in [-0.2, 0) is 0 Å². The minimum Gasteiger partial charge on any atom is -0.338 e. The number of likely N-dealkylation sites (tertiary alicyclic amines) is 1. The number of piperidine rings is 1. The Kier molecular flexibility index (Phi) is 2.87. The molecule has 1 aromatic heterocycles. The van der Waals surface area contributed by atoms with Crippen LogP contribution in [0.3, 0.4) is 0 Å². The second kappa shape index (κ2) is 4.13. The fraction of sp³-hybridized carbons (Fsp3) is 0.545. The number of nitrogens with zero attached hydrogens (tertiary/aromatic N) is 1. The Morgan fingerprint density at radius 1 is 1.64 bits per heavy atom. The number of hydrogen-bond donors (Lipinski definition) is 0. The number of carbonyl (C=O) groups excluding carboxylic acids is 1. The van der Waals surface area contributed by atoms with Gasteiger partial charge in [-0.05, 0) is 30.2 Å². The Morgan fingerprint density at radius 3 is 3.14 bits per heavy atom. The van der Waals surface area contributed by atoms with Crippen molar-refractivity contribution in [2.24, 2.45) is 5.92 Å². The fourth-order valence-corrected chi connectivity index (χ4v) is 2.62. The van der Waals surface area contributed by atoms with Crippen LogP contribution in [0, 0.1) is 5.92 Å². The van der Waals surface area contributed by atoms with Crippen LogP contribution in [0.2, 0.25) is 0 Å². The van der Waals surface area contributed by atoms with Gasteiger partial charge in [-0.3, -0.25) is 4.79 Å². The minimum absolute atomic E-state index is 0.214. The van der Waals surface area contributed by atoms with Crippen LogP contribution >= 0.6 is 11.3 Å². The van der Waals surface area contributed by atoms with Gasteiger partial charge in [0.2, 0.25) is 0 Å². The zero-order valence-electron chi connectivity index (χ0n) is 8.40. The summed E-state index contributed by atoms with van der Waals surface area (Å²) in [4.78, 5) is 14.8. The molecule has 0 unspecified atom stereocenters. The summed E-state index contributed by atoms with van der Waals surface area (Å²) in [6.45, 7) is 4.08.